The van der Waals surface area contributed by atoms with Crippen molar-refractivity contribution in [1.82, 2.24) is 10.3 Å². The molecule has 0 aliphatic carbocycles. The second kappa shape index (κ2) is 6.43. The number of aryl methyl sites for hydroxylation is 1. The van der Waals surface area contributed by atoms with E-state index in [1.165, 1.54) is 17.0 Å². The van der Waals surface area contributed by atoms with Crippen LogP contribution >= 0.6 is 11.3 Å². The van der Waals surface area contributed by atoms with Crippen molar-refractivity contribution < 1.29 is 9.18 Å². The number of rotatable bonds is 5. The molecular formula is C14H15FN2OS. The van der Waals surface area contributed by atoms with Crippen molar-refractivity contribution in [2.75, 3.05) is 6.54 Å². The van der Waals surface area contributed by atoms with Gasteiger partial charge in [0.05, 0.1) is 17.6 Å². The molecule has 0 unspecified atom stereocenters. The van der Waals surface area contributed by atoms with Crippen LogP contribution in [0.2, 0.25) is 0 Å². The molecule has 0 fully saturated rings. The number of amides is 1. The van der Waals surface area contributed by atoms with Gasteiger partial charge in [0, 0.05) is 17.8 Å². The lowest BCUT2D eigenvalue weighted by Gasteiger charge is -2.05. The lowest BCUT2D eigenvalue weighted by atomic mass is 10.1. The Balaban J connectivity index is 1.76. The third-order valence-corrected chi connectivity index (χ3v) is 3.79. The summed E-state index contributed by atoms with van der Waals surface area (Å²) >= 11 is 1.60. The van der Waals surface area contributed by atoms with Gasteiger partial charge in [-0.15, -0.1) is 11.3 Å². The summed E-state index contributed by atoms with van der Waals surface area (Å²) in [5.41, 5.74) is 3.65. The third-order valence-electron chi connectivity index (χ3n) is 2.80. The minimum atomic E-state index is -0.287. The first-order valence-electron chi connectivity index (χ1n) is 6.05. The summed E-state index contributed by atoms with van der Waals surface area (Å²) in [6, 6.07) is 5.98. The number of hydrogen-bond donors (Lipinski definition) is 1. The van der Waals surface area contributed by atoms with Gasteiger partial charge < -0.3 is 5.32 Å². The Kier molecular flexibility index (Phi) is 4.63. The highest BCUT2D eigenvalue weighted by Gasteiger charge is 2.05. The van der Waals surface area contributed by atoms with E-state index in [1.54, 1.807) is 23.5 Å². The first-order valence-corrected chi connectivity index (χ1v) is 6.93. The van der Waals surface area contributed by atoms with E-state index in [2.05, 4.69) is 10.3 Å². The molecule has 0 saturated heterocycles. The van der Waals surface area contributed by atoms with Gasteiger partial charge in [0.2, 0.25) is 5.91 Å². The highest BCUT2D eigenvalue weighted by molar-refractivity contribution is 7.09. The largest absolute Gasteiger partial charge is 0.355 e. The minimum Gasteiger partial charge on any atom is -0.355 e. The molecule has 0 aliphatic heterocycles. The average molecular weight is 278 g/mol. The van der Waals surface area contributed by atoms with Gasteiger partial charge in [-0.2, -0.15) is 0 Å². The van der Waals surface area contributed by atoms with Gasteiger partial charge in [0.15, 0.2) is 0 Å². The molecule has 3 nitrogen and oxygen atoms in total. The van der Waals surface area contributed by atoms with Crippen LogP contribution in [0.25, 0.3) is 0 Å². The summed E-state index contributed by atoms with van der Waals surface area (Å²) in [6.45, 7) is 2.56. The summed E-state index contributed by atoms with van der Waals surface area (Å²) in [5.74, 6) is -0.335. The van der Waals surface area contributed by atoms with Crippen LogP contribution in [0.5, 0.6) is 0 Å². The average Bonchev–Trinajstić information content (AvgIpc) is 2.78. The molecule has 1 N–H and O–H groups in total. The highest BCUT2D eigenvalue weighted by atomic mass is 32.1. The number of nitrogens with zero attached hydrogens (tertiary/aromatic N) is 1. The van der Waals surface area contributed by atoms with Crippen LogP contribution in [0.3, 0.4) is 0 Å². The van der Waals surface area contributed by atoms with Crippen molar-refractivity contribution in [2.45, 2.75) is 19.8 Å². The summed E-state index contributed by atoms with van der Waals surface area (Å²) in [5, 5.41) is 2.86. The zero-order chi connectivity index (χ0) is 13.7. The topological polar surface area (TPSA) is 42.0 Å². The molecule has 0 spiro atoms. The molecule has 0 atom stereocenters. The molecule has 1 amide bonds. The monoisotopic (exact) mass is 278 g/mol. The smallest absolute Gasteiger partial charge is 0.224 e. The van der Waals surface area contributed by atoms with E-state index in [0.717, 1.165) is 17.7 Å². The molecule has 100 valence electrons. The Morgan fingerprint density at radius 2 is 2.11 bits per heavy atom. The lowest BCUT2D eigenvalue weighted by molar-refractivity contribution is -0.120. The van der Waals surface area contributed by atoms with Gasteiger partial charge in [-0.25, -0.2) is 9.37 Å². The van der Waals surface area contributed by atoms with Crippen LogP contribution in [-0.2, 0) is 17.6 Å². The molecule has 19 heavy (non-hydrogen) atoms. The number of benzene rings is 1. The van der Waals surface area contributed by atoms with Gasteiger partial charge in [-0.05, 0) is 24.6 Å². The number of carbonyl (C=O) groups is 1. The Bertz CT molecular complexity index is 551. The molecule has 0 aliphatic rings. The van der Waals surface area contributed by atoms with E-state index in [4.69, 9.17) is 0 Å². The molecule has 2 rings (SSSR count). The van der Waals surface area contributed by atoms with Crippen molar-refractivity contribution in [3.63, 3.8) is 0 Å². The van der Waals surface area contributed by atoms with Crippen LogP contribution in [0.1, 0.15) is 16.1 Å². The van der Waals surface area contributed by atoms with E-state index in [1.807, 2.05) is 12.4 Å². The van der Waals surface area contributed by atoms with Gasteiger partial charge in [-0.1, -0.05) is 12.1 Å². The Labute approximate surface area is 115 Å². The normalized spacial score (nSPS) is 10.4. The maximum absolute atomic E-state index is 12.7. The quantitative estimate of drug-likeness (QED) is 0.913. The molecule has 5 heteroatoms. The molecule has 1 aromatic heterocycles. The molecule has 0 radical (unpaired) electrons. The number of halogens is 1. The predicted octanol–water partition coefficient (Wildman–Crippen LogP) is 2.49. The standard InChI is InChI=1S/C14H15FN2OS/c1-10-13(19-9-17-10)6-7-16-14(18)8-11-2-4-12(15)5-3-11/h2-5,9H,6-8H2,1H3,(H,16,18). The molecule has 2 aromatic rings. The van der Waals surface area contributed by atoms with Gasteiger partial charge in [0.1, 0.15) is 5.82 Å². The van der Waals surface area contributed by atoms with E-state index in [-0.39, 0.29) is 18.1 Å². The van der Waals surface area contributed by atoms with E-state index < -0.39 is 0 Å². The molecule has 0 saturated carbocycles. The van der Waals surface area contributed by atoms with Crippen molar-refractivity contribution in [3.05, 3.63) is 51.7 Å². The predicted molar refractivity (Wildman–Crippen MR) is 73.7 cm³/mol. The maximum atomic E-state index is 12.7. The molecule has 0 bridgehead atoms. The van der Waals surface area contributed by atoms with Gasteiger partial charge in [-0.3, -0.25) is 4.79 Å². The summed E-state index contributed by atoms with van der Waals surface area (Å²) in [7, 11) is 0. The Hall–Kier alpha value is -1.75. The Morgan fingerprint density at radius 1 is 1.37 bits per heavy atom. The van der Waals surface area contributed by atoms with Crippen molar-refractivity contribution in [2.24, 2.45) is 0 Å². The Morgan fingerprint density at radius 3 is 2.74 bits per heavy atom. The van der Waals surface area contributed by atoms with Gasteiger partial charge in [0.25, 0.3) is 0 Å². The van der Waals surface area contributed by atoms with Crippen molar-refractivity contribution in [1.29, 1.82) is 0 Å². The molecular weight excluding hydrogens is 263 g/mol. The fraction of sp³-hybridized carbons (Fsp3) is 0.286. The molecule has 1 heterocycles. The number of carbonyl (C=O) groups excluding carboxylic acids is 1. The SMILES string of the molecule is Cc1ncsc1CCNC(=O)Cc1ccc(F)cc1. The fourth-order valence-electron chi connectivity index (χ4n) is 1.73. The van der Waals surface area contributed by atoms with Crippen LogP contribution in [0.4, 0.5) is 4.39 Å². The van der Waals surface area contributed by atoms with Crippen molar-refractivity contribution >= 4 is 17.2 Å². The number of thiazole rings is 1. The van der Waals surface area contributed by atoms with E-state index in [9.17, 15) is 9.18 Å². The molecule has 1 aromatic carbocycles. The van der Waals surface area contributed by atoms with Gasteiger partial charge >= 0.3 is 0 Å². The minimum absolute atomic E-state index is 0.0474. The van der Waals surface area contributed by atoms with E-state index in [0.29, 0.717) is 6.54 Å². The summed E-state index contributed by atoms with van der Waals surface area (Å²) < 4.78 is 12.7. The highest BCUT2D eigenvalue weighted by Crippen LogP contribution is 2.11. The van der Waals surface area contributed by atoms with Crippen LogP contribution in [-0.4, -0.2) is 17.4 Å². The van der Waals surface area contributed by atoms with Crippen LogP contribution in [0.15, 0.2) is 29.8 Å². The summed E-state index contributed by atoms with van der Waals surface area (Å²) in [6.07, 6.45) is 1.08. The second-order valence-electron chi connectivity index (χ2n) is 4.26. The number of aromatic nitrogens is 1. The van der Waals surface area contributed by atoms with Crippen LogP contribution in [0, 0.1) is 12.7 Å². The second-order valence-corrected chi connectivity index (χ2v) is 5.20. The summed E-state index contributed by atoms with van der Waals surface area (Å²) in [4.78, 5) is 17.1. The third kappa shape index (κ3) is 4.13. The lowest BCUT2D eigenvalue weighted by Crippen LogP contribution is -2.27. The first-order chi connectivity index (χ1) is 9.15. The number of hydrogen-bond acceptors (Lipinski definition) is 3. The van der Waals surface area contributed by atoms with Crippen LogP contribution < -0.4 is 5.32 Å². The first kappa shape index (κ1) is 13.7. The fourth-order valence-corrected chi connectivity index (χ4v) is 2.51. The zero-order valence-electron chi connectivity index (χ0n) is 10.6. The van der Waals surface area contributed by atoms with Crippen molar-refractivity contribution in [3.8, 4) is 0 Å². The maximum Gasteiger partial charge on any atom is 0.224 e. The van der Waals surface area contributed by atoms with E-state index >= 15 is 0 Å². The zero-order valence-corrected chi connectivity index (χ0v) is 11.5. The number of nitrogens with one attached hydrogen (secondary N) is 1.